The van der Waals surface area contributed by atoms with Crippen molar-refractivity contribution in [2.75, 3.05) is 66.5 Å². The quantitative estimate of drug-likeness (QED) is 0.0173. The lowest BCUT2D eigenvalue weighted by Gasteiger charge is -2.39. The number of nitrogens with zero attached hydrogens (tertiary/aromatic N) is 7. The highest BCUT2D eigenvalue weighted by molar-refractivity contribution is 6.39. The first-order valence-electron chi connectivity index (χ1n) is 33.1. The predicted octanol–water partition coefficient (Wildman–Crippen LogP) is 2.93. The molecular weight excluding hydrogens is 1300 g/mol. The minimum Gasteiger partial charge on any atom is -0.346 e. The number of rotatable bonds is 25. The maximum Gasteiger partial charge on any atom is 0.327 e. The number of urea groups is 3. The molecule has 28 nitrogen and oxygen atoms in total. The predicted molar refractivity (Wildman–Crippen MR) is 373 cm³/mol. The topological polar surface area (TPSA) is 369 Å². The maximum atomic E-state index is 14.4. The summed E-state index contributed by atoms with van der Waals surface area (Å²) in [5, 5.41) is 15.9. The van der Waals surface area contributed by atoms with E-state index in [1.165, 1.54) is 49.8 Å². The maximum absolute atomic E-state index is 14.4. The van der Waals surface area contributed by atoms with Gasteiger partial charge in [-0.1, -0.05) is 123 Å². The molecule has 6 aliphatic rings. The number of nitrogens with one attached hydrogen (secondary N) is 6. The Morgan fingerprint density at radius 1 is 0.606 bits per heavy atom. The van der Waals surface area contributed by atoms with Crippen LogP contribution in [0.1, 0.15) is 136 Å². The van der Waals surface area contributed by atoms with E-state index in [4.69, 9.17) is 18.6 Å². The van der Waals surface area contributed by atoms with E-state index in [0.717, 1.165) is 4.90 Å². The highest BCUT2D eigenvalue weighted by Gasteiger charge is 2.71. The Hall–Kier alpha value is -8.46. The van der Waals surface area contributed by atoms with Gasteiger partial charge in [-0.3, -0.25) is 57.7 Å². The Morgan fingerprint density at radius 2 is 1.00 bits per heavy atom. The van der Waals surface area contributed by atoms with E-state index in [2.05, 4.69) is 61.9 Å². The minimum atomic E-state index is -1.20. The number of aliphatic imine (C=N–C) groups is 1. The summed E-state index contributed by atoms with van der Waals surface area (Å²) in [4.78, 5) is 190. The van der Waals surface area contributed by atoms with Crippen LogP contribution in [0, 0.1) is 80.8 Å². The molecule has 0 aromatic heterocycles. The van der Waals surface area contributed by atoms with Crippen LogP contribution in [-0.4, -0.2) is 227 Å². The molecule has 6 rings (SSSR count). The molecule has 4 unspecified atom stereocenters. The van der Waals surface area contributed by atoms with Crippen LogP contribution in [0.3, 0.4) is 0 Å². The van der Waals surface area contributed by atoms with Gasteiger partial charge in [-0.15, -0.1) is 50.3 Å². The fourth-order valence-electron chi connectivity index (χ4n) is 12.8. The third-order valence-electron chi connectivity index (χ3n) is 19.5. The van der Waals surface area contributed by atoms with Crippen LogP contribution in [0.15, 0.2) is 30.3 Å². The summed E-state index contributed by atoms with van der Waals surface area (Å²) in [5.74, 6) is -1.30. The highest BCUT2D eigenvalue weighted by atomic mass is 35.5. The van der Waals surface area contributed by atoms with Gasteiger partial charge in [-0.2, -0.15) is 4.99 Å². The fourth-order valence-corrected chi connectivity index (χ4v) is 12.8. The molecule has 4 heterocycles. The molecule has 12 atom stereocenters. The van der Waals surface area contributed by atoms with Crippen LogP contribution in [-0.2, 0) is 52.7 Å². The number of carbonyl (C=O) groups is 13. The third-order valence-corrected chi connectivity index (χ3v) is 19.5. The van der Waals surface area contributed by atoms with Crippen LogP contribution < -0.4 is 37.6 Å². The van der Waals surface area contributed by atoms with Gasteiger partial charge >= 0.3 is 18.1 Å². The SMILES string of the molecule is C#CCCC(NC(=O)[C@@H]1[C@@H]2[C@H](CN1C(=O)[C@@H](N=C=O)C(C)(C)C)C2(C)C)C(=O)C(=O)NCC=C.C#CCCC(NC(=O)[C@@H]1[C@@H]2[C@H](CN1C(=O)[C@@H](NC(=O)NC(CN1C(=O)CN(C)C1=O)C(C)(C)C)C(C)(C)C)C2(C)C)C(=O)C(=O)NCC=C.CN1CC(=O)N(CC(N)C(C)(C)C)C1=O.Cl. The molecular formula is C70H107ClN14O14. The van der Waals surface area contributed by atoms with Crippen molar-refractivity contribution in [2.24, 2.45) is 66.9 Å². The van der Waals surface area contributed by atoms with Crippen molar-refractivity contribution in [3.05, 3.63) is 25.3 Å². The Kier molecular flexibility index (Phi) is 28.8. The van der Waals surface area contributed by atoms with E-state index in [1.54, 1.807) is 48.6 Å². The van der Waals surface area contributed by atoms with Crippen LogP contribution in [0.25, 0.3) is 0 Å². The van der Waals surface area contributed by atoms with Gasteiger partial charge in [0.15, 0.2) is 0 Å². The average molecular weight is 1400 g/mol. The molecule has 0 radical (unpaired) electrons. The molecule has 0 bridgehead atoms. The average Bonchev–Trinajstić information content (AvgIpc) is 1.53. The first-order chi connectivity index (χ1) is 45.1. The number of likely N-dealkylation sites (N-methyl/N-ethyl adjacent to an activating group) is 2. The van der Waals surface area contributed by atoms with Crippen molar-refractivity contribution in [1.82, 2.24) is 61.3 Å². The number of nitrogens with two attached hydrogens (primary N) is 1. The Balaban J connectivity index is 0.000000439. The number of halogens is 1. The van der Waals surface area contributed by atoms with Crippen LogP contribution >= 0.6 is 12.4 Å². The molecule has 0 spiro atoms. The number of Topliss-reactive ketones (excluding diaryl/α,β-unsaturated/α-hetero) is 2. The standard InChI is InChI=1S/C35H53N7O7.C25H34N4O5.C10H19N3O2.ClH/c1-12-14-15-21(26(44)29(46)36-16-13-2)37-28(45)25-24-20(35(24,9)10)17-42(25)30(47)27(34(6,7)8)39-31(48)38-22(33(3,4)5)18-41-23(43)19-40(11)32(41)49;1-8-10-11-16(19(31)22(33)26-12-9-2)28-21(32)18-17-15(25(17,6)7)13-29(18)23(34)20(27-14-30)24(3,4)5;1-10(2,3)7(11)5-13-8(14)6-12(4)9(13)15;/h1,13,20-22,24-25,27H,2,14-19H2,3-11H3,(H,36,46)(H,37,45)(H2,38,39,48);1,9,15-18,20H,2,10-13H2,3-7H3,(H,26,33)(H,28,32);7H,5-6,11H2,1-4H3;1H/t20-,21?,22?,24-,25-,27+;15-,16?,17-,18-,20+;;/m00../s1. The van der Waals surface area contributed by atoms with Gasteiger partial charge in [0.1, 0.15) is 37.3 Å². The van der Waals surface area contributed by atoms with Crippen molar-refractivity contribution < 1.29 is 67.1 Å². The van der Waals surface area contributed by atoms with Crippen molar-refractivity contribution in [3.63, 3.8) is 0 Å². The Morgan fingerprint density at radius 3 is 1.32 bits per heavy atom. The van der Waals surface area contributed by atoms with Crippen molar-refractivity contribution in [3.8, 4) is 24.7 Å². The molecule has 2 aliphatic carbocycles. The normalized spacial score (nSPS) is 22.7. The number of hydrogen-bond acceptors (Lipinski definition) is 16. The largest absolute Gasteiger partial charge is 0.346 e. The summed E-state index contributed by atoms with van der Waals surface area (Å²) < 4.78 is 0. The van der Waals surface area contributed by atoms with Gasteiger partial charge < -0.3 is 57.2 Å². The van der Waals surface area contributed by atoms with E-state index >= 15 is 0 Å². The second kappa shape index (κ2) is 33.6. The number of ketones is 2. The van der Waals surface area contributed by atoms with Crippen molar-refractivity contribution in [2.45, 2.75) is 185 Å². The van der Waals surface area contributed by atoms with Crippen LogP contribution in [0.4, 0.5) is 14.4 Å². The summed E-state index contributed by atoms with van der Waals surface area (Å²) in [6.45, 7) is 38.5. The molecule has 99 heavy (non-hydrogen) atoms. The zero-order valence-corrected chi connectivity index (χ0v) is 61.8. The number of likely N-dealkylation sites (tertiary alicyclic amines) is 2. The lowest BCUT2D eigenvalue weighted by atomic mass is 9.85. The molecule has 4 saturated heterocycles. The molecule has 548 valence electrons. The monoisotopic (exact) mass is 1400 g/mol. The lowest BCUT2D eigenvalue weighted by molar-refractivity contribution is -0.145. The van der Waals surface area contributed by atoms with Crippen molar-refractivity contribution in [1.29, 1.82) is 0 Å². The first kappa shape index (κ1) is 84.8. The third kappa shape index (κ3) is 20.6. The first-order valence-corrected chi connectivity index (χ1v) is 33.1. The molecule has 8 N–H and O–H groups in total. The fraction of sp³-hybridized carbons (Fsp3) is 0.686. The lowest BCUT2D eigenvalue weighted by Crippen LogP contribution is -2.63. The Bertz CT molecular complexity index is 3270. The number of amides is 14. The zero-order chi connectivity index (χ0) is 74.9. The molecule has 29 heteroatoms. The summed E-state index contributed by atoms with van der Waals surface area (Å²) in [6, 6.07) is -8.42. The van der Waals surface area contributed by atoms with Gasteiger partial charge in [0, 0.05) is 65.7 Å². The zero-order valence-electron chi connectivity index (χ0n) is 61.0. The Labute approximate surface area is 589 Å². The van der Waals surface area contributed by atoms with E-state index in [9.17, 15) is 67.1 Å². The number of isocyanates is 1. The van der Waals surface area contributed by atoms with Gasteiger partial charge in [0.05, 0.1) is 24.7 Å². The van der Waals surface area contributed by atoms with Crippen molar-refractivity contribution >= 4 is 95.4 Å². The number of fused-ring (bicyclic) bond motifs is 2. The number of hydrogen-bond donors (Lipinski definition) is 7. The summed E-state index contributed by atoms with van der Waals surface area (Å²) in [5.41, 5.74) is 3.39. The molecule has 0 aromatic carbocycles. The second-order valence-electron chi connectivity index (χ2n) is 31.7. The van der Waals surface area contributed by atoms with Crippen LogP contribution in [0.2, 0.25) is 0 Å². The highest BCUT2D eigenvalue weighted by Crippen LogP contribution is 2.66. The summed E-state index contributed by atoms with van der Waals surface area (Å²) in [6.07, 6.45) is 15.5. The van der Waals surface area contributed by atoms with Gasteiger partial charge in [0.25, 0.3) is 11.8 Å². The number of terminal acetylenes is 2. The summed E-state index contributed by atoms with van der Waals surface area (Å²) in [7, 11) is 3.14. The van der Waals surface area contributed by atoms with Crippen LogP contribution in [0.5, 0.6) is 0 Å². The summed E-state index contributed by atoms with van der Waals surface area (Å²) >= 11 is 0. The van der Waals surface area contributed by atoms with E-state index in [-0.39, 0.29) is 141 Å². The number of imide groups is 2. The minimum absolute atomic E-state index is 0. The number of piperidine rings is 2. The molecule has 2 saturated carbocycles. The van der Waals surface area contributed by atoms with Gasteiger partial charge in [-0.05, 0) is 69.0 Å². The number of carbonyl (C=O) groups excluding carboxylic acids is 14. The molecule has 14 amide bonds. The molecule has 6 fully saturated rings. The molecule has 0 aromatic rings. The van der Waals surface area contributed by atoms with E-state index in [1.807, 2.05) is 69.2 Å². The molecule has 4 aliphatic heterocycles. The van der Waals surface area contributed by atoms with Gasteiger partial charge in [0.2, 0.25) is 53.1 Å². The smallest absolute Gasteiger partial charge is 0.327 e. The van der Waals surface area contributed by atoms with E-state index in [0.29, 0.717) is 13.1 Å². The van der Waals surface area contributed by atoms with E-state index < -0.39 is 118 Å². The second-order valence-corrected chi connectivity index (χ2v) is 31.7. The van der Waals surface area contributed by atoms with Gasteiger partial charge in [-0.25, -0.2) is 19.2 Å².